The average Bonchev–Trinajstić information content (AvgIpc) is 3.59. The Morgan fingerprint density at radius 1 is 0.982 bits per heavy atom. The third-order valence-electron chi connectivity index (χ3n) is 11.0. The smallest absolute Gasteiger partial charge is 0.408 e. The van der Waals surface area contributed by atoms with Crippen molar-refractivity contribution in [3.05, 3.63) is 123 Å². The highest BCUT2D eigenvalue weighted by atomic mass is 16.5. The molecule has 0 saturated carbocycles. The molecule has 0 spiro atoms. The number of hydrogen-bond donors (Lipinski definition) is 6. The molecule has 3 fully saturated rings. The maximum Gasteiger partial charge on any atom is 0.408 e. The molecule has 0 aliphatic carbocycles. The summed E-state index contributed by atoms with van der Waals surface area (Å²) in [7, 11) is 1.76. The van der Waals surface area contributed by atoms with Crippen LogP contribution in [0, 0.1) is 5.92 Å². The number of nitrogens with zero attached hydrogens (tertiary/aromatic N) is 4. The van der Waals surface area contributed by atoms with Crippen LogP contribution in [0.1, 0.15) is 70.7 Å². The Bertz CT molecular complexity index is 2200. The summed E-state index contributed by atoms with van der Waals surface area (Å²) in [4.78, 5) is 44.3. The molecule has 5 aromatic rings. The van der Waals surface area contributed by atoms with Gasteiger partial charge in [0.25, 0.3) is 5.91 Å². The Kier molecular flexibility index (Phi) is 12.0. The number of phenolic OH excluding ortho intramolecular Hbond substituents is 1. The van der Waals surface area contributed by atoms with Crippen LogP contribution in [0.4, 0.5) is 4.79 Å². The second-order valence-corrected chi connectivity index (χ2v) is 14.7. The van der Waals surface area contributed by atoms with E-state index in [2.05, 4.69) is 25.6 Å². The minimum atomic E-state index is -0.932. The minimum absolute atomic E-state index is 0.0562. The van der Waals surface area contributed by atoms with Crippen LogP contribution in [0.25, 0.3) is 10.9 Å². The topological polar surface area (TPSA) is 185 Å². The Hall–Kier alpha value is -5.70. The molecule has 294 valence electrons. The number of nitrogens with one attached hydrogen (secondary N) is 3. The zero-order chi connectivity index (χ0) is 39.2. The lowest BCUT2D eigenvalue weighted by molar-refractivity contribution is -0.000814. The number of phenols is 1. The first-order valence-corrected chi connectivity index (χ1v) is 19.2. The molecule has 14 heteroatoms. The monoisotopic (exact) mass is 763 g/mol. The summed E-state index contributed by atoms with van der Waals surface area (Å²) in [6, 6.07) is 24.5. The molecule has 2 amide bonds. The van der Waals surface area contributed by atoms with Gasteiger partial charge in [-0.15, -0.1) is 0 Å². The number of aliphatic hydroxyl groups excluding tert-OH is 1. The molecule has 8 rings (SSSR count). The highest BCUT2D eigenvalue weighted by Gasteiger charge is 2.43. The number of ether oxygens (including phenoxy) is 1. The predicted octanol–water partition coefficient (Wildman–Crippen LogP) is 4.54. The molecule has 2 aromatic heterocycles. The van der Waals surface area contributed by atoms with Crippen molar-refractivity contribution in [2.45, 2.75) is 50.5 Å². The summed E-state index contributed by atoms with van der Waals surface area (Å²) in [6.07, 6.45) is 1.69. The fraction of sp³-hybridized carbons (Fsp3) is 0.381. The van der Waals surface area contributed by atoms with Crippen molar-refractivity contribution in [3.63, 3.8) is 0 Å². The number of rotatable bonds is 16. The van der Waals surface area contributed by atoms with Gasteiger partial charge in [-0.2, -0.15) is 5.10 Å². The van der Waals surface area contributed by atoms with E-state index in [1.54, 1.807) is 34.8 Å². The van der Waals surface area contributed by atoms with Crippen molar-refractivity contribution in [2.75, 3.05) is 39.3 Å². The largest absolute Gasteiger partial charge is 0.506 e. The van der Waals surface area contributed by atoms with Crippen molar-refractivity contribution >= 4 is 22.9 Å². The Balaban J connectivity index is 0.907. The van der Waals surface area contributed by atoms with E-state index in [1.165, 1.54) is 12.1 Å². The van der Waals surface area contributed by atoms with Crippen LogP contribution < -0.4 is 20.9 Å². The first-order chi connectivity index (χ1) is 27.2. The number of aromatic amines is 1. The first-order valence-electron chi connectivity index (χ1n) is 19.2. The van der Waals surface area contributed by atoms with Crippen LogP contribution in [0.5, 0.6) is 11.5 Å². The van der Waals surface area contributed by atoms with Gasteiger partial charge in [-0.25, -0.2) is 4.79 Å². The van der Waals surface area contributed by atoms with E-state index >= 15 is 0 Å². The van der Waals surface area contributed by atoms with Gasteiger partial charge in [-0.05, 0) is 98.3 Å². The fourth-order valence-electron chi connectivity index (χ4n) is 8.09. The highest BCUT2D eigenvalue weighted by Crippen LogP contribution is 2.39. The number of carbonyl (C=O) groups excluding carboxylic acids is 1. The Labute approximate surface area is 324 Å². The van der Waals surface area contributed by atoms with Gasteiger partial charge in [0.15, 0.2) is 5.69 Å². The number of aromatic nitrogens is 3. The number of aryl methyl sites for hydroxylation is 1. The van der Waals surface area contributed by atoms with Gasteiger partial charge in [0.1, 0.15) is 18.1 Å². The number of amides is 2. The molecule has 0 radical (unpaired) electrons. The molecule has 3 aliphatic heterocycles. The van der Waals surface area contributed by atoms with Crippen molar-refractivity contribution in [1.82, 2.24) is 35.2 Å². The summed E-state index contributed by atoms with van der Waals surface area (Å²) in [6.45, 7) is 4.28. The van der Waals surface area contributed by atoms with Crippen molar-refractivity contribution in [3.8, 4) is 11.5 Å². The van der Waals surface area contributed by atoms with Gasteiger partial charge in [0, 0.05) is 38.1 Å². The third kappa shape index (κ3) is 8.72. The number of carbonyl (C=O) groups is 2. The standard InChI is InChI=1S/C42H49N7O7/c1-47-30(23-34(46-47)41(53)44-19-6-5-18-43-24-37(51)32-12-14-36(50)39-33(32)13-15-38(52)45-39)26-56-31-11-7-10-29(22-31)40(28-8-3-2-4-9-28)49(42(54)55)35-25-48-20-16-27(35)17-21-48/h2-4,7-15,22-23,27,35,37,40,43,50-51H,5-6,16-21,24-26H2,1H3,(H,44,53)(H,45,52)(H,54,55)/t35-,37+,40?/m0/s1. The van der Waals surface area contributed by atoms with E-state index in [-0.39, 0.29) is 42.1 Å². The first kappa shape index (κ1) is 38.6. The number of hydrogen-bond acceptors (Lipinski definition) is 9. The number of aliphatic hydroxyl groups is 1. The lowest BCUT2D eigenvalue weighted by Gasteiger charge is -2.50. The zero-order valence-corrected chi connectivity index (χ0v) is 31.4. The van der Waals surface area contributed by atoms with Crippen LogP contribution in [0.3, 0.4) is 0 Å². The van der Waals surface area contributed by atoms with Crippen molar-refractivity contribution in [2.24, 2.45) is 13.0 Å². The number of unbranched alkanes of at least 4 members (excludes halogenated alkanes) is 1. The summed E-state index contributed by atoms with van der Waals surface area (Å²) in [5.74, 6) is 0.570. The van der Waals surface area contributed by atoms with Crippen LogP contribution in [0.15, 0.2) is 89.7 Å². The van der Waals surface area contributed by atoms with Crippen molar-refractivity contribution < 1.29 is 29.6 Å². The Morgan fingerprint density at radius 2 is 1.75 bits per heavy atom. The van der Waals surface area contributed by atoms with E-state index in [1.807, 2.05) is 54.6 Å². The van der Waals surface area contributed by atoms with Crippen LogP contribution in [-0.4, -0.2) is 97.2 Å². The molecule has 3 saturated heterocycles. The number of piperidine rings is 3. The molecule has 14 nitrogen and oxygen atoms in total. The lowest BCUT2D eigenvalue weighted by atomic mass is 9.81. The van der Waals surface area contributed by atoms with Gasteiger partial charge in [-0.1, -0.05) is 48.5 Å². The third-order valence-corrected chi connectivity index (χ3v) is 11.0. The van der Waals surface area contributed by atoms with Gasteiger partial charge in [0.2, 0.25) is 5.56 Å². The molecule has 5 heterocycles. The van der Waals surface area contributed by atoms with E-state index in [9.17, 15) is 29.7 Å². The SMILES string of the molecule is Cn1nc(C(=O)NCCCCNC[C@@H](O)c2ccc(O)c3[nH]c(=O)ccc23)cc1COc1cccc(C(c2ccccc2)N(C(=O)O)[C@H]2CN3CCC2CC3)c1. The van der Waals surface area contributed by atoms with Crippen molar-refractivity contribution in [1.29, 1.82) is 0 Å². The summed E-state index contributed by atoms with van der Waals surface area (Å²) < 4.78 is 7.84. The molecule has 3 aliphatic rings. The highest BCUT2D eigenvalue weighted by molar-refractivity contribution is 5.92. The zero-order valence-electron chi connectivity index (χ0n) is 31.4. The number of H-pyrrole nitrogens is 1. The number of aromatic hydroxyl groups is 1. The molecule has 1 unspecified atom stereocenters. The molecule has 56 heavy (non-hydrogen) atoms. The lowest BCUT2D eigenvalue weighted by Crippen LogP contribution is -2.59. The quantitative estimate of drug-likeness (QED) is 0.0780. The maximum absolute atomic E-state index is 13.0. The number of carboxylic acid groups (broad SMARTS) is 1. The van der Waals surface area contributed by atoms with Crippen LogP contribution in [-0.2, 0) is 13.7 Å². The minimum Gasteiger partial charge on any atom is -0.506 e. The number of pyridine rings is 1. The van der Waals surface area contributed by atoms with Gasteiger partial charge >= 0.3 is 6.09 Å². The second kappa shape index (κ2) is 17.4. The number of fused-ring (bicyclic) bond motifs is 4. The van der Waals surface area contributed by atoms with E-state index in [4.69, 9.17) is 4.74 Å². The van der Waals surface area contributed by atoms with Crippen LogP contribution >= 0.6 is 0 Å². The van der Waals surface area contributed by atoms with E-state index in [0.717, 1.165) is 50.0 Å². The summed E-state index contributed by atoms with van der Waals surface area (Å²) in [5.41, 5.74) is 3.27. The summed E-state index contributed by atoms with van der Waals surface area (Å²) in [5, 5.41) is 42.6. The van der Waals surface area contributed by atoms with E-state index in [0.29, 0.717) is 53.3 Å². The van der Waals surface area contributed by atoms with E-state index < -0.39 is 18.2 Å². The van der Waals surface area contributed by atoms with Crippen LogP contribution in [0.2, 0.25) is 0 Å². The number of benzene rings is 3. The summed E-state index contributed by atoms with van der Waals surface area (Å²) >= 11 is 0. The molecule has 6 N–H and O–H groups in total. The maximum atomic E-state index is 13.0. The molecule has 2 bridgehead atoms. The molecule has 3 atom stereocenters. The predicted molar refractivity (Wildman–Crippen MR) is 211 cm³/mol. The molecular weight excluding hydrogens is 715 g/mol. The van der Waals surface area contributed by atoms with Gasteiger partial charge < -0.3 is 40.6 Å². The molecular formula is C42H49N7O7. The van der Waals surface area contributed by atoms with Gasteiger partial charge in [-0.3, -0.25) is 19.2 Å². The molecule has 3 aromatic carbocycles. The average molecular weight is 764 g/mol. The fourth-order valence-corrected chi connectivity index (χ4v) is 8.09. The second-order valence-electron chi connectivity index (χ2n) is 14.7. The van der Waals surface area contributed by atoms with Gasteiger partial charge in [0.05, 0.1) is 29.4 Å². The Morgan fingerprint density at radius 3 is 2.50 bits per heavy atom. The normalized spacial score (nSPS) is 18.7.